The van der Waals surface area contributed by atoms with Crippen molar-refractivity contribution in [1.29, 1.82) is 0 Å². The second-order valence-corrected chi connectivity index (χ2v) is 15.6. The zero-order valence-electron chi connectivity index (χ0n) is 29.1. The number of nitrogens with zero attached hydrogens (tertiary/aromatic N) is 4. The van der Waals surface area contributed by atoms with Gasteiger partial charge in [0.2, 0.25) is 15.9 Å². The van der Waals surface area contributed by atoms with E-state index in [0.29, 0.717) is 0 Å². The smallest absolute Gasteiger partial charge is 0.492 e. The number of aromatic nitrogens is 2. The maximum atomic E-state index is 13.5. The molecule has 0 atom stereocenters. The Bertz CT molecular complexity index is 1870. The minimum atomic E-state index is -3.67. The van der Waals surface area contributed by atoms with Crippen LogP contribution in [0.5, 0.6) is 17.4 Å². The number of piperazine rings is 1. The molecular formula is C33H41ClN6O9S. The molecule has 50 heavy (non-hydrogen) atoms. The van der Waals surface area contributed by atoms with Crippen LogP contribution in [0, 0.1) is 0 Å². The summed E-state index contributed by atoms with van der Waals surface area (Å²) in [6, 6.07) is 9.09. The summed E-state index contributed by atoms with van der Waals surface area (Å²) in [5.74, 6) is -0.735. The number of halogens is 1. The summed E-state index contributed by atoms with van der Waals surface area (Å²) >= 11 is 6.41. The van der Waals surface area contributed by atoms with Crippen molar-refractivity contribution < 1.29 is 41.8 Å². The molecule has 0 spiro atoms. The first kappa shape index (κ1) is 38.1. The number of nitrogens with one attached hydrogen (secondary N) is 2. The van der Waals surface area contributed by atoms with Crippen LogP contribution >= 0.6 is 11.6 Å². The Morgan fingerprint density at radius 1 is 0.920 bits per heavy atom. The summed E-state index contributed by atoms with van der Waals surface area (Å²) in [6.07, 6.45) is 1.37. The first-order chi connectivity index (χ1) is 23.2. The fraction of sp³-hybridized carbons (Fsp3) is 0.424. The highest BCUT2D eigenvalue weighted by Gasteiger charge is 2.28. The standard InChI is InChI=1S/C33H41ClN6O9S/c1-32(2,3)21-16-23(28(46-7)24(17-21)38-50(8,44)45)37-29(41)20-9-10-22(34)26(15-20)47-27-18-25(35-19-36-27)30(42)39-11-13-40(14-12-39)49-31(43)48-33(4,5)6/h9-10,15-19,38H,11-14H2,1-8H3,(H,37,41). The zero-order valence-corrected chi connectivity index (χ0v) is 30.7. The number of amides is 2. The third-order valence-corrected chi connectivity index (χ3v) is 7.99. The number of methoxy groups -OCH3 is 1. The van der Waals surface area contributed by atoms with Gasteiger partial charge in [-0.15, -0.1) is 5.06 Å². The summed E-state index contributed by atoms with van der Waals surface area (Å²) in [7, 11) is -2.30. The second kappa shape index (κ2) is 15.1. The van der Waals surface area contributed by atoms with Gasteiger partial charge in [0.25, 0.3) is 11.8 Å². The van der Waals surface area contributed by atoms with E-state index in [9.17, 15) is 22.8 Å². The lowest BCUT2D eigenvalue weighted by Crippen LogP contribution is -2.49. The van der Waals surface area contributed by atoms with E-state index < -0.39 is 33.1 Å². The average Bonchev–Trinajstić information content (AvgIpc) is 3.00. The van der Waals surface area contributed by atoms with Crippen molar-refractivity contribution in [2.75, 3.05) is 49.6 Å². The molecule has 0 aliphatic carbocycles. The highest BCUT2D eigenvalue weighted by molar-refractivity contribution is 7.92. The molecule has 1 aromatic heterocycles. The molecular weight excluding hydrogens is 692 g/mol. The molecule has 270 valence electrons. The summed E-state index contributed by atoms with van der Waals surface area (Å²) in [4.78, 5) is 53.7. The predicted octanol–water partition coefficient (Wildman–Crippen LogP) is 5.48. The molecule has 1 fully saturated rings. The molecule has 4 rings (SSSR count). The van der Waals surface area contributed by atoms with Gasteiger partial charge in [0.15, 0.2) is 5.75 Å². The van der Waals surface area contributed by atoms with Crippen LogP contribution in [0.25, 0.3) is 0 Å². The Kier molecular flexibility index (Phi) is 11.5. The van der Waals surface area contributed by atoms with E-state index in [1.807, 2.05) is 20.8 Å². The summed E-state index contributed by atoms with van der Waals surface area (Å²) in [5, 5.41) is 4.40. The predicted molar refractivity (Wildman–Crippen MR) is 186 cm³/mol. The second-order valence-electron chi connectivity index (χ2n) is 13.4. The normalized spacial score (nSPS) is 14.1. The third kappa shape index (κ3) is 10.4. The number of hydrogen-bond donors (Lipinski definition) is 2. The summed E-state index contributed by atoms with van der Waals surface area (Å²) in [6.45, 7) is 12.1. The van der Waals surface area contributed by atoms with E-state index >= 15 is 0 Å². The fourth-order valence-corrected chi connectivity index (χ4v) is 5.42. The molecule has 2 heterocycles. The minimum absolute atomic E-state index is 0.00532. The number of benzene rings is 2. The molecule has 0 unspecified atom stereocenters. The van der Waals surface area contributed by atoms with Crippen LogP contribution in [-0.4, -0.2) is 91.5 Å². The van der Waals surface area contributed by atoms with Gasteiger partial charge in [-0.2, -0.15) is 0 Å². The summed E-state index contributed by atoms with van der Waals surface area (Å²) in [5.41, 5.74) is 0.270. The number of anilines is 2. The topological polar surface area (TPSA) is 179 Å². The minimum Gasteiger partial charge on any atom is -0.492 e. The molecule has 2 amide bonds. The van der Waals surface area contributed by atoms with Crippen molar-refractivity contribution in [3.63, 3.8) is 0 Å². The highest BCUT2D eigenvalue weighted by Crippen LogP contribution is 2.39. The number of hydrogen-bond acceptors (Lipinski definition) is 12. The van der Waals surface area contributed by atoms with Gasteiger partial charge in [-0.25, -0.2) is 23.2 Å². The molecule has 0 bridgehead atoms. The average molecular weight is 733 g/mol. The Hall–Kier alpha value is -4.67. The van der Waals surface area contributed by atoms with E-state index in [1.54, 1.807) is 37.8 Å². The number of ether oxygens (including phenoxy) is 3. The fourth-order valence-electron chi connectivity index (χ4n) is 4.71. The lowest BCUT2D eigenvalue weighted by Gasteiger charge is -2.33. The molecule has 1 aliphatic rings. The summed E-state index contributed by atoms with van der Waals surface area (Å²) < 4.78 is 43.2. The van der Waals surface area contributed by atoms with Gasteiger partial charge in [-0.3, -0.25) is 14.3 Å². The maximum absolute atomic E-state index is 13.5. The largest absolute Gasteiger partial charge is 0.528 e. The van der Waals surface area contributed by atoms with Gasteiger partial charge in [0.05, 0.1) is 42.9 Å². The Morgan fingerprint density at radius 3 is 2.18 bits per heavy atom. The molecule has 0 radical (unpaired) electrons. The molecule has 1 aliphatic heterocycles. The molecule has 2 aromatic carbocycles. The van der Waals surface area contributed by atoms with Crippen LogP contribution in [0.3, 0.4) is 0 Å². The van der Waals surface area contributed by atoms with Crippen LogP contribution in [0.15, 0.2) is 42.7 Å². The van der Waals surface area contributed by atoms with Gasteiger partial charge in [0, 0.05) is 24.7 Å². The monoisotopic (exact) mass is 732 g/mol. The Morgan fingerprint density at radius 2 is 1.58 bits per heavy atom. The first-order valence-corrected chi connectivity index (χ1v) is 17.8. The van der Waals surface area contributed by atoms with Crippen molar-refractivity contribution in [3.8, 4) is 17.4 Å². The van der Waals surface area contributed by atoms with Crippen LogP contribution in [0.1, 0.15) is 68.0 Å². The van der Waals surface area contributed by atoms with Crippen LogP contribution in [-0.2, 0) is 25.0 Å². The number of sulfonamides is 1. The van der Waals surface area contributed by atoms with Gasteiger partial charge < -0.3 is 29.3 Å². The van der Waals surface area contributed by atoms with Gasteiger partial charge in [-0.05, 0) is 62.1 Å². The molecule has 17 heteroatoms. The van der Waals surface area contributed by atoms with E-state index in [1.165, 1.54) is 42.8 Å². The van der Waals surface area contributed by atoms with Crippen molar-refractivity contribution in [2.45, 2.75) is 52.6 Å². The molecule has 1 saturated heterocycles. The van der Waals surface area contributed by atoms with E-state index in [0.717, 1.165) is 11.8 Å². The molecule has 15 nitrogen and oxygen atoms in total. The zero-order chi connectivity index (χ0) is 37.0. The molecule has 0 saturated carbocycles. The Balaban J connectivity index is 1.48. The van der Waals surface area contributed by atoms with Gasteiger partial charge in [0.1, 0.15) is 23.4 Å². The van der Waals surface area contributed by atoms with E-state index in [-0.39, 0.29) is 77.1 Å². The van der Waals surface area contributed by atoms with Crippen molar-refractivity contribution in [2.24, 2.45) is 0 Å². The number of carbonyl (C=O) groups is 3. The van der Waals surface area contributed by atoms with Gasteiger partial charge >= 0.3 is 6.16 Å². The lowest BCUT2D eigenvalue weighted by molar-refractivity contribution is -0.154. The SMILES string of the molecule is COc1c(NC(=O)c2ccc(Cl)c(Oc3cc(C(=O)N4CCN(OC(=O)OC(C)(C)C)CC4)ncn3)c2)cc(C(C)(C)C)cc1NS(C)(=O)=O. The first-order valence-electron chi connectivity index (χ1n) is 15.5. The quantitative estimate of drug-likeness (QED) is 0.265. The van der Waals surface area contributed by atoms with Crippen LogP contribution in [0.2, 0.25) is 5.02 Å². The third-order valence-electron chi connectivity index (χ3n) is 7.09. The van der Waals surface area contributed by atoms with E-state index in [2.05, 4.69) is 20.0 Å². The van der Waals surface area contributed by atoms with Crippen LogP contribution < -0.4 is 19.5 Å². The highest BCUT2D eigenvalue weighted by atomic mass is 35.5. The number of rotatable bonds is 9. The van der Waals surface area contributed by atoms with Crippen molar-refractivity contribution in [1.82, 2.24) is 19.9 Å². The number of carbonyl (C=O) groups excluding carboxylic acids is 3. The van der Waals surface area contributed by atoms with Crippen molar-refractivity contribution in [3.05, 3.63) is 64.6 Å². The van der Waals surface area contributed by atoms with E-state index in [4.69, 9.17) is 30.6 Å². The molecule has 3 aromatic rings. The maximum Gasteiger partial charge on any atom is 0.528 e. The molecule has 2 N–H and O–H groups in total. The Labute approximate surface area is 296 Å². The number of hydroxylamine groups is 2. The van der Waals surface area contributed by atoms with Crippen LogP contribution in [0.4, 0.5) is 16.2 Å². The van der Waals surface area contributed by atoms with Gasteiger partial charge in [-0.1, -0.05) is 32.4 Å². The lowest BCUT2D eigenvalue weighted by atomic mass is 9.86. The van der Waals surface area contributed by atoms with Crippen molar-refractivity contribution >= 4 is 51.0 Å².